The monoisotopic (exact) mass is 300 g/mol. The number of rotatable bonds is 6. The van der Waals surface area contributed by atoms with Gasteiger partial charge in [0.15, 0.2) is 0 Å². The molecule has 0 bridgehead atoms. The lowest BCUT2D eigenvalue weighted by atomic mass is 9.97. The molecular weight excluding hydrogens is 275 g/mol. The van der Waals surface area contributed by atoms with Gasteiger partial charge < -0.3 is 5.32 Å². The van der Waals surface area contributed by atoms with Crippen LogP contribution in [0.1, 0.15) is 44.7 Å². The first-order valence-electron chi connectivity index (χ1n) is 7.93. The summed E-state index contributed by atoms with van der Waals surface area (Å²) in [6, 6.07) is 11.6. The van der Waals surface area contributed by atoms with Gasteiger partial charge in [0.2, 0.25) is 0 Å². The molecule has 0 aliphatic carbocycles. The van der Waals surface area contributed by atoms with Crippen LogP contribution in [0.3, 0.4) is 0 Å². The maximum absolute atomic E-state index is 14.1. The molecular formula is C19H25FN2. The molecule has 0 saturated carbocycles. The van der Waals surface area contributed by atoms with Gasteiger partial charge in [0.25, 0.3) is 0 Å². The van der Waals surface area contributed by atoms with Gasteiger partial charge in [0, 0.05) is 12.1 Å². The lowest BCUT2D eigenvalue weighted by molar-refractivity contribution is 0.221. The summed E-state index contributed by atoms with van der Waals surface area (Å²) in [6.07, 6.45) is 2.27. The van der Waals surface area contributed by atoms with Gasteiger partial charge in [-0.05, 0) is 50.5 Å². The molecule has 0 atom stereocenters. The van der Waals surface area contributed by atoms with E-state index in [-0.39, 0.29) is 0 Å². The van der Waals surface area contributed by atoms with Crippen LogP contribution in [0, 0.1) is 6.92 Å². The normalized spacial score (nSPS) is 11.5. The molecule has 1 aromatic carbocycles. The first kappa shape index (κ1) is 16.5. The van der Waals surface area contributed by atoms with Crippen LogP contribution >= 0.6 is 0 Å². The maximum Gasteiger partial charge on any atom is 0.130 e. The van der Waals surface area contributed by atoms with Gasteiger partial charge in [-0.2, -0.15) is 0 Å². The Hall–Kier alpha value is -1.90. The summed E-state index contributed by atoms with van der Waals surface area (Å²) in [4.78, 5) is 4.70. The number of hydrogen-bond acceptors (Lipinski definition) is 2. The van der Waals surface area contributed by atoms with Crippen molar-refractivity contribution in [2.45, 2.75) is 46.2 Å². The van der Waals surface area contributed by atoms with Crippen molar-refractivity contribution < 1.29 is 4.39 Å². The number of alkyl halides is 1. The number of nitrogens with zero attached hydrogens (tertiary/aromatic N) is 1. The average Bonchev–Trinajstić information content (AvgIpc) is 2.49. The van der Waals surface area contributed by atoms with Gasteiger partial charge in [-0.1, -0.05) is 37.6 Å². The van der Waals surface area contributed by atoms with Crippen molar-refractivity contribution in [1.29, 1.82) is 0 Å². The van der Waals surface area contributed by atoms with Gasteiger partial charge >= 0.3 is 0 Å². The molecule has 0 spiro atoms. The Morgan fingerprint density at radius 1 is 1.18 bits per heavy atom. The summed E-state index contributed by atoms with van der Waals surface area (Å²) < 4.78 is 14.1. The molecule has 0 amide bonds. The summed E-state index contributed by atoms with van der Waals surface area (Å²) in [7, 11) is 0. The zero-order chi connectivity index (χ0) is 16.2. The van der Waals surface area contributed by atoms with E-state index in [2.05, 4.69) is 18.3 Å². The molecule has 0 saturated heterocycles. The number of anilines is 1. The Balaban J connectivity index is 2.31. The highest BCUT2D eigenvalue weighted by molar-refractivity contribution is 5.63. The molecule has 118 valence electrons. The van der Waals surface area contributed by atoms with E-state index in [4.69, 9.17) is 4.98 Å². The van der Waals surface area contributed by atoms with Crippen molar-refractivity contribution in [1.82, 2.24) is 4.98 Å². The zero-order valence-electron chi connectivity index (χ0n) is 13.9. The van der Waals surface area contributed by atoms with Crippen molar-refractivity contribution >= 4 is 5.82 Å². The Morgan fingerprint density at radius 2 is 1.95 bits per heavy atom. The Bertz CT molecular complexity index is 630. The van der Waals surface area contributed by atoms with Crippen LogP contribution < -0.4 is 5.32 Å². The largest absolute Gasteiger partial charge is 0.370 e. The molecule has 1 N–H and O–H groups in total. The van der Waals surface area contributed by atoms with Crippen molar-refractivity contribution in [3.8, 4) is 11.3 Å². The van der Waals surface area contributed by atoms with E-state index in [9.17, 15) is 4.39 Å². The quantitative estimate of drug-likeness (QED) is 0.715. The van der Waals surface area contributed by atoms with Crippen LogP contribution in [0.15, 0.2) is 36.4 Å². The summed E-state index contributed by atoms with van der Waals surface area (Å²) in [5.41, 5.74) is 2.27. The highest BCUT2D eigenvalue weighted by Crippen LogP contribution is 2.29. The van der Waals surface area contributed by atoms with Gasteiger partial charge in [-0.25, -0.2) is 9.37 Å². The van der Waals surface area contributed by atoms with Crippen LogP contribution in [-0.4, -0.2) is 11.5 Å². The number of halogens is 1. The third-order valence-corrected chi connectivity index (χ3v) is 3.76. The molecule has 3 heteroatoms. The van der Waals surface area contributed by atoms with Gasteiger partial charge in [0.05, 0.1) is 5.69 Å². The Morgan fingerprint density at radius 3 is 2.64 bits per heavy atom. The highest BCUT2D eigenvalue weighted by Gasteiger charge is 2.19. The van der Waals surface area contributed by atoms with E-state index >= 15 is 0 Å². The number of aryl methyl sites for hydroxylation is 1. The first-order valence-corrected chi connectivity index (χ1v) is 7.93. The van der Waals surface area contributed by atoms with Crippen LogP contribution in [0.4, 0.5) is 10.2 Å². The third-order valence-electron chi connectivity index (χ3n) is 3.76. The van der Waals surface area contributed by atoms with E-state index in [0.717, 1.165) is 42.0 Å². The third kappa shape index (κ3) is 4.06. The fourth-order valence-corrected chi connectivity index (χ4v) is 2.30. The molecule has 2 nitrogen and oxygen atoms in total. The highest BCUT2D eigenvalue weighted by atomic mass is 19.1. The molecule has 2 rings (SSSR count). The van der Waals surface area contributed by atoms with Crippen molar-refractivity contribution in [2.24, 2.45) is 0 Å². The second-order valence-electron chi connectivity index (χ2n) is 6.20. The number of benzene rings is 1. The summed E-state index contributed by atoms with van der Waals surface area (Å²) in [5.74, 6) is 0.913. The number of unbranched alkanes of at least 4 members (excludes halogenated alkanes) is 1. The summed E-state index contributed by atoms with van der Waals surface area (Å²) in [5, 5.41) is 3.38. The van der Waals surface area contributed by atoms with Gasteiger partial charge in [-0.15, -0.1) is 0 Å². The van der Waals surface area contributed by atoms with E-state index < -0.39 is 5.67 Å². The van der Waals surface area contributed by atoms with E-state index in [0.29, 0.717) is 5.56 Å². The predicted molar refractivity (Wildman–Crippen MR) is 91.9 cm³/mol. The smallest absolute Gasteiger partial charge is 0.130 e. The molecule has 0 fully saturated rings. The van der Waals surface area contributed by atoms with E-state index in [1.54, 1.807) is 13.8 Å². The fourth-order valence-electron chi connectivity index (χ4n) is 2.30. The molecule has 1 aromatic heterocycles. The number of pyridine rings is 1. The fraction of sp³-hybridized carbons (Fsp3) is 0.421. The zero-order valence-corrected chi connectivity index (χ0v) is 13.9. The van der Waals surface area contributed by atoms with Crippen LogP contribution in [0.5, 0.6) is 0 Å². The lowest BCUT2D eigenvalue weighted by Crippen LogP contribution is -2.09. The lowest BCUT2D eigenvalue weighted by Gasteiger charge is -2.16. The van der Waals surface area contributed by atoms with Gasteiger partial charge in [-0.3, -0.25) is 0 Å². The molecule has 0 aliphatic rings. The minimum Gasteiger partial charge on any atom is -0.370 e. The molecule has 2 aromatic rings. The molecule has 0 aliphatic heterocycles. The van der Waals surface area contributed by atoms with Crippen LogP contribution in [-0.2, 0) is 5.67 Å². The molecule has 1 heterocycles. The van der Waals surface area contributed by atoms with Crippen LogP contribution in [0.2, 0.25) is 0 Å². The minimum atomic E-state index is -1.34. The van der Waals surface area contributed by atoms with Crippen LogP contribution in [0.25, 0.3) is 11.3 Å². The minimum absolute atomic E-state index is 0.674. The summed E-state index contributed by atoms with van der Waals surface area (Å²) in [6.45, 7) is 8.29. The standard InChI is InChI=1S/C19H25FN2/c1-5-6-12-21-18-14(2)10-11-17(22-18)15-8-7-9-16(13-15)19(3,4)20/h7-11,13H,5-6,12H2,1-4H3,(H,21,22). The Kier molecular flexibility index (Phi) is 5.17. The summed E-state index contributed by atoms with van der Waals surface area (Å²) >= 11 is 0. The number of nitrogens with one attached hydrogen (secondary N) is 1. The maximum atomic E-state index is 14.1. The topological polar surface area (TPSA) is 24.9 Å². The molecule has 0 unspecified atom stereocenters. The van der Waals surface area contributed by atoms with Crippen molar-refractivity contribution in [2.75, 3.05) is 11.9 Å². The number of aromatic nitrogens is 1. The van der Waals surface area contributed by atoms with E-state index in [1.165, 1.54) is 0 Å². The molecule has 0 radical (unpaired) electrons. The SMILES string of the molecule is CCCCNc1nc(-c2cccc(C(C)(C)F)c2)ccc1C. The first-order chi connectivity index (χ1) is 10.4. The van der Waals surface area contributed by atoms with Gasteiger partial charge in [0.1, 0.15) is 11.5 Å². The van der Waals surface area contributed by atoms with Crippen molar-refractivity contribution in [3.63, 3.8) is 0 Å². The van der Waals surface area contributed by atoms with E-state index in [1.807, 2.05) is 37.3 Å². The Labute approximate surface area is 132 Å². The molecule has 22 heavy (non-hydrogen) atoms. The number of hydrogen-bond donors (Lipinski definition) is 1. The average molecular weight is 300 g/mol. The second kappa shape index (κ2) is 6.91. The predicted octanol–water partition coefficient (Wildman–Crippen LogP) is 5.47. The van der Waals surface area contributed by atoms with Crippen molar-refractivity contribution in [3.05, 3.63) is 47.5 Å². The second-order valence-corrected chi connectivity index (χ2v) is 6.20.